The van der Waals surface area contributed by atoms with E-state index in [-0.39, 0.29) is 11.5 Å². The SMILES string of the molecule is Cc1c(C)c(Br)c(C)c(C(=O)c2cccc([N+](=O)[O-])c2)c1C. The van der Waals surface area contributed by atoms with E-state index in [2.05, 4.69) is 15.9 Å². The number of nitro groups is 1. The third-order valence-electron chi connectivity index (χ3n) is 4.08. The van der Waals surface area contributed by atoms with Crippen LogP contribution in [0.3, 0.4) is 0 Å². The predicted octanol–water partition coefficient (Wildman–Crippen LogP) is 4.82. The second-order valence-electron chi connectivity index (χ2n) is 5.33. The van der Waals surface area contributed by atoms with E-state index < -0.39 is 4.92 Å². The molecule has 0 spiro atoms. The summed E-state index contributed by atoms with van der Waals surface area (Å²) in [6.45, 7) is 7.76. The highest BCUT2D eigenvalue weighted by molar-refractivity contribution is 9.10. The third-order valence-corrected chi connectivity index (χ3v) is 5.27. The zero-order valence-corrected chi connectivity index (χ0v) is 14.4. The number of nitrogens with zero attached hydrogens (tertiary/aromatic N) is 1. The molecule has 2 rings (SSSR count). The summed E-state index contributed by atoms with van der Waals surface area (Å²) in [5.74, 6) is -0.192. The van der Waals surface area contributed by atoms with Crippen LogP contribution in [-0.2, 0) is 0 Å². The maximum atomic E-state index is 12.8. The number of hydrogen-bond donors (Lipinski definition) is 0. The molecule has 0 amide bonds. The maximum absolute atomic E-state index is 12.8. The number of halogens is 1. The van der Waals surface area contributed by atoms with Crippen LogP contribution in [0.15, 0.2) is 28.7 Å². The van der Waals surface area contributed by atoms with E-state index in [0.29, 0.717) is 11.1 Å². The first-order valence-electron chi connectivity index (χ1n) is 6.80. The highest BCUT2D eigenvalue weighted by Gasteiger charge is 2.21. The summed E-state index contributed by atoms with van der Waals surface area (Å²) < 4.78 is 0.907. The van der Waals surface area contributed by atoms with E-state index in [0.717, 1.165) is 26.7 Å². The summed E-state index contributed by atoms with van der Waals surface area (Å²) in [6.07, 6.45) is 0. The van der Waals surface area contributed by atoms with E-state index in [1.807, 2.05) is 27.7 Å². The summed E-state index contributed by atoms with van der Waals surface area (Å²) >= 11 is 3.53. The largest absolute Gasteiger partial charge is 0.289 e. The van der Waals surface area contributed by atoms with Crippen molar-refractivity contribution in [3.8, 4) is 0 Å². The van der Waals surface area contributed by atoms with Crippen molar-refractivity contribution < 1.29 is 9.72 Å². The number of non-ortho nitro benzene ring substituents is 1. The van der Waals surface area contributed by atoms with E-state index in [9.17, 15) is 14.9 Å². The van der Waals surface area contributed by atoms with Crippen LogP contribution in [0, 0.1) is 37.8 Å². The molecule has 0 bridgehead atoms. The molecule has 0 saturated carbocycles. The summed E-state index contributed by atoms with van der Waals surface area (Å²) in [5, 5.41) is 10.9. The van der Waals surface area contributed by atoms with Crippen LogP contribution in [0.4, 0.5) is 5.69 Å². The van der Waals surface area contributed by atoms with Crippen molar-refractivity contribution in [1.82, 2.24) is 0 Å². The van der Waals surface area contributed by atoms with Gasteiger partial charge in [0.2, 0.25) is 0 Å². The summed E-state index contributed by atoms with van der Waals surface area (Å²) in [6, 6.07) is 5.85. The Balaban J connectivity index is 2.65. The Labute approximate surface area is 137 Å². The smallest absolute Gasteiger partial charge is 0.270 e. The Morgan fingerprint density at radius 3 is 2.27 bits per heavy atom. The molecule has 0 aliphatic heterocycles. The van der Waals surface area contributed by atoms with Gasteiger partial charge in [0.15, 0.2) is 5.78 Å². The van der Waals surface area contributed by atoms with Crippen LogP contribution in [-0.4, -0.2) is 10.7 Å². The predicted molar refractivity (Wildman–Crippen MR) is 89.6 cm³/mol. The van der Waals surface area contributed by atoms with Crippen molar-refractivity contribution >= 4 is 27.4 Å². The Hall–Kier alpha value is -2.01. The lowest BCUT2D eigenvalue weighted by Gasteiger charge is -2.16. The minimum atomic E-state index is -0.493. The van der Waals surface area contributed by atoms with Crippen molar-refractivity contribution in [2.24, 2.45) is 0 Å². The second kappa shape index (κ2) is 6.01. The highest BCUT2D eigenvalue weighted by Crippen LogP contribution is 2.32. The van der Waals surface area contributed by atoms with Crippen LogP contribution >= 0.6 is 15.9 Å². The molecule has 0 heterocycles. The minimum Gasteiger partial charge on any atom is -0.289 e. The first-order chi connectivity index (χ1) is 10.3. The van der Waals surface area contributed by atoms with E-state index in [1.165, 1.54) is 18.2 Å². The normalized spacial score (nSPS) is 10.6. The molecule has 0 aliphatic carbocycles. The minimum absolute atomic E-state index is 0.0796. The monoisotopic (exact) mass is 361 g/mol. The van der Waals surface area contributed by atoms with Gasteiger partial charge >= 0.3 is 0 Å². The van der Waals surface area contributed by atoms with Gasteiger partial charge in [-0.2, -0.15) is 0 Å². The summed E-state index contributed by atoms with van der Waals surface area (Å²) in [4.78, 5) is 23.2. The van der Waals surface area contributed by atoms with Crippen LogP contribution < -0.4 is 0 Å². The summed E-state index contributed by atoms with van der Waals surface area (Å²) in [7, 11) is 0. The first kappa shape index (κ1) is 16.4. The molecule has 0 atom stereocenters. The lowest BCUT2D eigenvalue weighted by atomic mass is 9.89. The van der Waals surface area contributed by atoms with Gasteiger partial charge < -0.3 is 0 Å². The van der Waals surface area contributed by atoms with Crippen molar-refractivity contribution in [3.05, 3.63) is 72.2 Å². The maximum Gasteiger partial charge on any atom is 0.270 e. The van der Waals surface area contributed by atoms with E-state index >= 15 is 0 Å². The number of ketones is 1. The van der Waals surface area contributed by atoms with E-state index in [1.54, 1.807) is 6.07 Å². The Kier molecular flexibility index (Phi) is 4.47. The van der Waals surface area contributed by atoms with Crippen LogP contribution in [0.25, 0.3) is 0 Å². The average molecular weight is 362 g/mol. The number of carbonyl (C=O) groups is 1. The topological polar surface area (TPSA) is 60.2 Å². The van der Waals surface area contributed by atoms with Crippen molar-refractivity contribution in [3.63, 3.8) is 0 Å². The Morgan fingerprint density at radius 2 is 1.68 bits per heavy atom. The van der Waals surface area contributed by atoms with Crippen molar-refractivity contribution in [2.75, 3.05) is 0 Å². The molecule has 0 aromatic heterocycles. The lowest BCUT2D eigenvalue weighted by Crippen LogP contribution is -2.10. The lowest BCUT2D eigenvalue weighted by molar-refractivity contribution is -0.384. The molecule has 0 aliphatic rings. The molecular weight excluding hydrogens is 346 g/mol. The van der Waals surface area contributed by atoms with Gasteiger partial charge in [-0.1, -0.05) is 28.1 Å². The number of benzene rings is 2. The van der Waals surface area contributed by atoms with Crippen molar-refractivity contribution in [2.45, 2.75) is 27.7 Å². The summed E-state index contributed by atoms with van der Waals surface area (Å²) in [5.41, 5.74) is 4.78. The molecule has 22 heavy (non-hydrogen) atoms. The quantitative estimate of drug-likeness (QED) is 0.447. The molecule has 114 valence electrons. The molecule has 4 nitrogen and oxygen atoms in total. The van der Waals surface area contributed by atoms with Gasteiger partial charge in [-0.3, -0.25) is 14.9 Å². The van der Waals surface area contributed by atoms with Gasteiger partial charge in [0.1, 0.15) is 0 Å². The number of hydrogen-bond acceptors (Lipinski definition) is 3. The van der Waals surface area contributed by atoms with Gasteiger partial charge in [0.05, 0.1) is 4.92 Å². The molecular formula is C17H16BrNO3. The van der Waals surface area contributed by atoms with Gasteiger partial charge in [0, 0.05) is 27.7 Å². The van der Waals surface area contributed by atoms with Gasteiger partial charge in [-0.25, -0.2) is 0 Å². The highest BCUT2D eigenvalue weighted by atomic mass is 79.9. The molecule has 0 saturated heterocycles. The van der Waals surface area contributed by atoms with Gasteiger partial charge in [0.25, 0.3) is 5.69 Å². The molecule has 0 N–H and O–H groups in total. The molecule has 0 unspecified atom stereocenters. The van der Waals surface area contributed by atoms with Crippen LogP contribution in [0.2, 0.25) is 0 Å². The Morgan fingerprint density at radius 1 is 1.05 bits per heavy atom. The Bertz CT molecular complexity index is 768. The zero-order valence-electron chi connectivity index (χ0n) is 12.9. The molecule has 2 aromatic rings. The fraction of sp³-hybridized carbons (Fsp3) is 0.235. The third kappa shape index (κ3) is 2.68. The number of rotatable bonds is 3. The average Bonchev–Trinajstić information content (AvgIpc) is 2.51. The van der Waals surface area contributed by atoms with Crippen LogP contribution in [0.5, 0.6) is 0 Å². The van der Waals surface area contributed by atoms with Crippen LogP contribution in [0.1, 0.15) is 38.2 Å². The molecule has 5 heteroatoms. The molecule has 0 fully saturated rings. The zero-order chi connectivity index (χ0) is 16.6. The first-order valence-corrected chi connectivity index (χ1v) is 7.60. The second-order valence-corrected chi connectivity index (χ2v) is 6.12. The molecule has 0 radical (unpaired) electrons. The standard InChI is InChI=1S/C17H16BrNO3/c1-9-10(2)15(12(4)16(18)11(9)3)17(20)13-6-5-7-14(8-13)19(21)22/h5-8H,1-4H3. The van der Waals surface area contributed by atoms with E-state index in [4.69, 9.17) is 0 Å². The van der Waals surface area contributed by atoms with Gasteiger partial charge in [-0.15, -0.1) is 0 Å². The fourth-order valence-electron chi connectivity index (χ4n) is 2.55. The van der Waals surface area contributed by atoms with Gasteiger partial charge in [-0.05, 0) is 49.9 Å². The number of carbonyl (C=O) groups excluding carboxylic acids is 1. The number of nitro benzene ring substituents is 1. The van der Waals surface area contributed by atoms with Crippen molar-refractivity contribution in [1.29, 1.82) is 0 Å². The fourth-order valence-corrected chi connectivity index (χ4v) is 3.05. The molecule has 2 aromatic carbocycles.